The Kier molecular flexibility index (Phi) is 5.84. The molecular formula is C8H16O3. The van der Waals surface area contributed by atoms with Crippen LogP contribution >= 0.6 is 0 Å². The van der Waals surface area contributed by atoms with Crippen LogP contribution in [0.5, 0.6) is 0 Å². The SMILES string of the molecule is CCCC(=O)OCC[C@H](C)O. The Morgan fingerprint density at radius 1 is 1.64 bits per heavy atom. The van der Waals surface area contributed by atoms with Crippen LogP contribution in [0, 0.1) is 0 Å². The minimum atomic E-state index is -0.385. The van der Waals surface area contributed by atoms with E-state index in [2.05, 4.69) is 0 Å². The molecule has 0 saturated carbocycles. The topological polar surface area (TPSA) is 46.5 Å². The summed E-state index contributed by atoms with van der Waals surface area (Å²) in [5.74, 6) is -0.173. The highest BCUT2D eigenvalue weighted by Crippen LogP contribution is 1.94. The molecule has 0 amide bonds. The Bertz CT molecular complexity index is 110. The zero-order valence-corrected chi connectivity index (χ0v) is 7.17. The van der Waals surface area contributed by atoms with Crippen molar-refractivity contribution in [2.75, 3.05) is 6.61 Å². The fourth-order valence-corrected chi connectivity index (χ4v) is 0.620. The number of carbonyl (C=O) groups is 1. The third-order valence-electron chi connectivity index (χ3n) is 1.25. The van der Waals surface area contributed by atoms with Gasteiger partial charge < -0.3 is 9.84 Å². The summed E-state index contributed by atoms with van der Waals surface area (Å²) in [6.45, 7) is 3.93. The Balaban J connectivity index is 3.17. The number of esters is 1. The van der Waals surface area contributed by atoms with E-state index in [0.717, 1.165) is 6.42 Å². The van der Waals surface area contributed by atoms with E-state index in [1.807, 2.05) is 6.92 Å². The molecule has 1 atom stereocenters. The van der Waals surface area contributed by atoms with Gasteiger partial charge in [0, 0.05) is 12.8 Å². The molecule has 0 aromatic carbocycles. The number of carbonyl (C=O) groups excluding carboxylic acids is 1. The van der Waals surface area contributed by atoms with Crippen molar-refractivity contribution in [3.63, 3.8) is 0 Å². The summed E-state index contributed by atoms with van der Waals surface area (Å²) >= 11 is 0. The van der Waals surface area contributed by atoms with Gasteiger partial charge in [0.05, 0.1) is 12.7 Å². The van der Waals surface area contributed by atoms with Crippen LogP contribution in [-0.4, -0.2) is 23.8 Å². The van der Waals surface area contributed by atoms with Crippen LogP contribution < -0.4 is 0 Å². The molecule has 0 aliphatic rings. The number of aliphatic hydroxyl groups excluding tert-OH is 1. The molecule has 66 valence electrons. The highest BCUT2D eigenvalue weighted by molar-refractivity contribution is 5.69. The molecule has 0 bridgehead atoms. The van der Waals surface area contributed by atoms with E-state index in [1.165, 1.54) is 0 Å². The zero-order valence-electron chi connectivity index (χ0n) is 7.17. The summed E-state index contributed by atoms with van der Waals surface area (Å²) in [7, 11) is 0. The van der Waals surface area contributed by atoms with E-state index in [0.29, 0.717) is 19.4 Å². The molecule has 0 unspecified atom stereocenters. The standard InChI is InChI=1S/C8H16O3/c1-3-4-8(10)11-6-5-7(2)9/h7,9H,3-6H2,1-2H3/t7-/m0/s1. The van der Waals surface area contributed by atoms with Crippen molar-refractivity contribution in [2.45, 2.75) is 39.2 Å². The molecule has 0 aromatic heterocycles. The first kappa shape index (κ1) is 10.4. The van der Waals surface area contributed by atoms with Gasteiger partial charge in [-0.25, -0.2) is 0 Å². The normalized spacial score (nSPS) is 12.6. The van der Waals surface area contributed by atoms with Gasteiger partial charge in [-0.3, -0.25) is 4.79 Å². The number of hydrogen-bond donors (Lipinski definition) is 1. The van der Waals surface area contributed by atoms with Crippen molar-refractivity contribution in [2.24, 2.45) is 0 Å². The predicted molar refractivity (Wildman–Crippen MR) is 42.2 cm³/mol. The molecule has 0 radical (unpaired) electrons. The Hall–Kier alpha value is -0.570. The van der Waals surface area contributed by atoms with E-state index >= 15 is 0 Å². The first-order valence-electron chi connectivity index (χ1n) is 4.00. The number of hydrogen-bond acceptors (Lipinski definition) is 3. The molecule has 1 N–H and O–H groups in total. The van der Waals surface area contributed by atoms with Crippen LogP contribution in [0.15, 0.2) is 0 Å². The van der Waals surface area contributed by atoms with Gasteiger partial charge >= 0.3 is 5.97 Å². The minimum Gasteiger partial charge on any atom is -0.466 e. The third-order valence-corrected chi connectivity index (χ3v) is 1.25. The number of ether oxygens (including phenoxy) is 1. The van der Waals surface area contributed by atoms with Crippen molar-refractivity contribution in [1.82, 2.24) is 0 Å². The Labute approximate surface area is 67.4 Å². The van der Waals surface area contributed by atoms with Gasteiger partial charge in [-0.2, -0.15) is 0 Å². The van der Waals surface area contributed by atoms with E-state index in [4.69, 9.17) is 9.84 Å². The largest absolute Gasteiger partial charge is 0.466 e. The molecule has 0 aromatic rings. The van der Waals surface area contributed by atoms with E-state index in [1.54, 1.807) is 6.92 Å². The van der Waals surface area contributed by atoms with E-state index < -0.39 is 0 Å². The molecule has 0 saturated heterocycles. The molecule has 0 fully saturated rings. The second-order valence-electron chi connectivity index (χ2n) is 2.61. The average Bonchev–Trinajstić information content (AvgIpc) is 1.87. The fraction of sp³-hybridized carbons (Fsp3) is 0.875. The maximum Gasteiger partial charge on any atom is 0.305 e. The van der Waals surface area contributed by atoms with E-state index in [-0.39, 0.29) is 12.1 Å². The van der Waals surface area contributed by atoms with Crippen molar-refractivity contribution in [1.29, 1.82) is 0 Å². The summed E-state index contributed by atoms with van der Waals surface area (Å²) < 4.78 is 4.79. The van der Waals surface area contributed by atoms with Crippen LogP contribution in [-0.2, 0) is 9.53 Å². The Morgan fingerprint density at radius 3 is 2.73 bits per heavy atom. The maximum absolute atomic E-state index is 10.7. The second kappa shape index (κ2) is 6.16. The monoisotopic (exact) mass is 160 g/mol. The summed E-state index contributed by atoms with van der Waals surface area (Å²) in [5.41, 5.74) is 0. The molecule has 11 heavy (non-hydrogen) atoms. The molecule has 0 aliphatic heterocycles. The van der Waals surface area contributed by atoms with Crippen molar-refractivity contribution < 1.29 is 14.6 Å². The molecule has 0 spiro atoms. The van der Waals surface area contributed by atoms with Gasteiger partial charge in [-0.1, -0.05) is 6.92 Å². The fourth-order valence-electron chi connectivity index (χ4n) is 0.620. The van der Waals surface area contributed by atoms with Crippen LogP contribution in [0.3, 0.4) is 0 Å². The lowest BCUT2D eigenvalue weighted by Gasteiger charge is -2.04. The summed E-state index contributed by atoms with van der Waals surface area (Å²) in [6.07, 6.45) is 1.42. The number of aliphatic hydroxyl groups is 1. The van der Waals surface area contributed by atoms with Crippen LogP contribution in [0.4, 0.5) is 0 Å². The average molecular weight is 160 g/mol. The lowest BCUT2D eigenvalue weighted by Crippen LogP contribution is -2.10. The van der Waals surface area contributed by atoms with Crippen molar-refractivity contribution in [3.05, 3.63) is 0 Å². The molecule has 0 aliphatic carbocycles. The van der Waals surface area contributed by atoms with Gasteiger partial charge in [0.2, 0.25) is 0 Å². The van der Waals surface area contributed by atoms with Gasteiger partial charge in [0.1, 0.15) is 0 Å². The molecule has 0 heterocycles. The third kappa shape index (κ3) is 7.33. The quantitative estimate of drug-likeness (QED) is 0.612. The summed E-state index contributed by atoms with van der Waals surface area (Å²) in [5, 5.41) is 8.80. The predicted octanol–water partition coefficient (Wildman–Crippen LogP) is 1.10. The molecule has 3 heteroatoms. The summed E-state index contributed by atoms with van der Waals surface area (Å²) in [6, 6.07) is 0. The Morgan fingerprint density at radius 2 is 2.27 bits per heavy atom. The van der Waals surface area contributed by atoms with Crippen molar-refractivity contribution >= 4 is 5.97 Å². The van der Waals surface area contributed by atoms with Gasteiger partial charge in [0.15, 0.2) is 0 Å². The number of rotatable bonds is 5. The van der Waals surface area contributed by atoms with E-state index in [9.17, 15) is 4.79 Å². The zero-order chi connectivity index (χ0) is 8.69. The smallest absolute Gasteiger partial charge is 0.305 e. The van der Waals surface area contributed by atoms with Gasteiger partial charge in [0.25, 0.3) is 0 Å². The minimum absolute atomic E-state index is 0.173. The first-order valence-corrected chi connectivity index (χ1v) is 4.00. The first-order chi connectivity index (χ1) is 5.16. The van der Waals surface area contributed by atoms with Crippen LogP contribution in [0.1, 0.15) is 33.1 Å². The molecule has 0 rings (SSSR count). The van der Waals surface area contributed by atoms with Gasteiger partial charge in [-0.15, -0.1) is 0 Å². The van der Waals surface area contributed by atoms with Gasteiger partial charge in [-0.05, 0) is 13.3 Å². The highest BCUT2D eigenvalue weighted by atomic mass is 16.5. The molecule has 3 nitrogen and oxygen atoms in total. The maximum atomic E-state index is 10.7. The molecular weight excluding hydrogens is 144 g/mol. The van der Waals surface area contributed by atoms with Crippen LogP contribution in [0.25, 0.3) is 0 Å². The van der Waals surface area contributed by atoms with Crippen LogP contribution in [0.2, 0.25) is 0 Å². The second-order valence-corrected chi connectivity index (χ2v) is 2.61. The van der Waals surface area contributed by atoms with Crippen molar-refractivity contribution in [3.8, 4) is 0 Å². The lowest BCUT2D eigenvalue weighted by molar-refractivity contribution is -0.144. The summed E-state index contributed by atoms with van der Waals surface area (Å²) in [4.78, 5) is 10.7. The highest BCUT2D eigenvalue weighted by Gasteiger charge is 2.01. The lowest BCUT2D eigenvalue weighted by atomic mass is 10.3.